The van der Waals surface area contributed by atoms with Crippen molar-refractivity contribution in [3.8, 4) is 0 Å². The standard InChI is InChI=1S/C19H25ClN4O/c1-24-13-12-22-19(24)18(15-3-5-16(20)6-4-15)23-17(25)7-2-14-8-10-21-11-9-14/h3-6,12-14,18,21H,2,7-11H2,1H3,(H,23,25). The van der Waals surface area contributed by atoms with Crippen LogP contribution in [0.2, 0.25) is 5.02 Å². The average Bonchev–Trinajstić information content (AvgIpc) is 3.05. The zero-order valence-corrected chi connectivity index (χ0v) is 15.3. The van der Waals surface area contributed by atoms with Crippen LogP contribution < -0.4 is 10.6 Å². The van der Waals surface area contributed by atoms with Crippen LogP contribution in [-0.4, -0.2) is 28.5 Å². The molecule has 1 aromatic carbocycles. The first-order valence-corrected chi connectivity index (χ1v) is 9.24. The van der Waals surface area contributed by atoms with Crippen molar-refractivity contribution in [1.29, 1.82) is 0 Å². The molecular weight excluding hydrogens is 336 g/mol. The lowest BCUT2D eigenvalue weighted by Gasteiger charge is -2.23. The highest BCUT2D eigenvalue weighted by Crippen LogP contribution is 2.23. The van der Waals surface area contributed by atoms with Crippen molar-refractivity contribution in [3.05, 3.63) is 53.1 Å². The van der Waals surface area contributed by atoms with Crippen molar-refractivity contribution in [2.24, 2.45) is 13.0 Å². The summed E-state index contributed by atoms with van der Waals surface area (Å²) < 4.78 is 1.94. The summed E-state index contributed by atoms with van der Waals surface area (Å²) in [5.41, 5.74) is 0.980. The molecule has 2 heterocycles. The summed E-state index contributed by atoms with van der Waals surface area (Å²) in [6, 6.07) is 7.30. The van der Waals surface area contributed by atoms with Gasteiger partial charge in [0.25, 0.3) is 0 Å². The predicted octanol–water partition coefficient (Wildman–Crippen LogP) is 3.06. The van der Waals surface area contributed by atoms with E-state index in [1.54, 1.807) is 6.20 Å². The summed E-state index contributed by atoms with van der Waals surface area (Å²) in [4.78, 5) is 17.0. The van der Waals surface area contributed by atoms with Crippen LogP contribution in [0.25, 0.3) is 0 Å². The number of imidazole rings is 1. The van der Waals surface area contributed by atoms with E-state index in [0.717, 1.165) is 43.7 Å². The van der Waals surface area contributed by atoms with Crippen LogP contribution in [0.3, 0.4) is 0 Å². The van der Waals surface area contributed by atoms with Gasteiger partial charge in [0.05, 0.1) is 0 Å². The molecular formula is C19H25ClN4O. The van der Waals surface area contributed by atoms with Crippen LogP contribution >= 0.6 is 11.6 Å². The second-order valence-corrected chi connectivity index (χ2v) is 7.12. The van der Waals surface area contributed by atoms with E-state index in [4.69, 9.17) is 11.6 Å². The van der Waals surface area contributed by atoms with Gasteiger partial charge in [-0.2, -0.15) is 0 Å². The van der Waals surface area contributed by atoms with Gasteiger partial charge in [-0.3, -0.25) is 4.79 Å². The van der Waals surface area contributed by atoms with Gasteiger partial charge in [0.2, 0.25) is 5.91 Å². The maximum atomic E-state index is 12.6. The van der Waals surface area contributed by atoms with Crippen LogP contribution in [-0.2, 0) is 11.8 Å². The Balaban J connectivity index is 1.68. The third-order valence-corrected chi connectivity index (χ3v) is 5.12. The summed E-state index contributed by atoms with van der Waals surface area (Å²) in [7, 11) is 1.94. The third-order valence-electron chi connectivity index (χ3n) is 4.86. The Morgan fingerprint density at radius 2 is 2.08 bits per heavy atom. The fourth-order valence-electron chi connectivity index (χ4n) is 3.35. The number of carbonyl (C=O) groups excluding carboxylic acids is 1. The number of nitrogens with one attached hydrogen (secondary N) is 2. The molecule has 3 rings (SSSR count). The maximum Gasteiger partial charge on any atom is 0.220 e. The third kappa shape index (κ3) is 4.83. The lowest BCUT2D eigenvalue weighted by molar-refractivity contribution is -0.122. The highest BCUT2D eigenvalue weighted by atomic mass is 35.5. The molecule has 0 saturated carbocycles. The molecule has 1 saturated heterocycles. The van der Waals surface area contributed by atoms with Gasteiger partial charge in [-0.05, 0) is 56.0 Å². The molecule has 25 heavy (non-hydrogen) atoms. The molecule has 6 heteroatoms. The molecule has 0 aliphatic carbocycles. The van der Waals surface area contributed by atoms with Crippen molar-refractivity contribution in [2.75, 3.05) is 13.1 Å². The van der Waals surface area contributed by atoms with E-state index in [2.05, 4.69) is 15.6 Å². The number of hydrogen-bond donors (Lipinski definition) is 2. The highest BCUT2D eigenvalue weighted by Gasteiger charge is 2.21. The number of aryl methyl sites for hydroxylation is 1. The molecule has 2 N–H and O–H groups in total. The van der Waals surface area contributed by atoms with Crippen LogP contribution in [0, 0.1) is 5.92 Å². The van der Waals surface area contributed by atoms with E-state index >= 15 is 0 Å². The Bertz CT molecular complexity index is 692. The van der Waals surface area contributed by atoms with Gasteiger partial charge in [0.1, 0.15) is 11.9 Å². The SMILES string of the molecule is Cn1ccnc1C(NC(=O)CCC1CCNCC1)c1ccc(Cl)cc1. The molecule has 0 bridgehead atoms. The summed E-state index contributed by atoms with van der Waals surface area (Å²) in [5, 5.41) is 7.20. The minimum atomic E-state index is -0.266. The van der Waals surface area contributed by atoms with Crippen LogP contribution in [0.4, 0.5) is 0 Å². The van der Waals surface area contributed by atoms with Gasteiger partial charge in [0.15, 0.2) is 0 Å². The molecule has 1 fully saturated rings. The van der Waals surface area contributed by atoms with Gasteiger partial charge in [0, 0.05) is 30.9 Å². The predicted molar refractivity (Wildman–Crippen MR) is 99.5 cm³/mol. The molecule has 2 aromatic rings. The van der Waals surface area contributed by atoms with Crippen LogP contribution in [0.1, 0.15) is 43.1 Å². The summed E-state index contributed by atoms with van der Waals surface area (Å²) in [6.45, 7) is 2.12. The summed E-state index contributed by atoms with van der Waals surface area (Å²) in [6.07, 6.45) is 7.46. The Labute approximate surface area is 153 Å². The molecule has 5 nitrogen and oxygen atoms in total. The van der Waals surface area contributed by atoms with Crippen LogP contribution in [0.5, 0.6) is 0 Å². The van der Waals surface area contributed by atoms with E-state index in [0.29, 0.717) is 17.4 Å². The van der Waals surface area contributed by atoms with E-state index in [1.807, 2.05) is 42.1 Å². The Hall–Kier alpha value is -1.85. The first kappa shape index (κ1) is 18.0. The molecule has 1 atom stereocenters. The molecule has 1 unspecified atom stereocenters. The summed E-state index contributed by atoms with van der Waals surface area (Å²) >= 11 is 6.00. The topological polar surface area (TPSA) is 59.0 Å². The Morgan fingerprint density at radius 1 is 1.36 bits per heavy atom. The zero-order chi connectivity index (χ0) is 17.6. The minimum Gasteiger partial charge on any atom is -0.342 e. The number of aromatic nitrogens is 2. The quantitative estimate of drug-likeness (QED) is 0.832. The Kier molecular flexibility index (Phi) is 6.10. The van der Waals surface area contributed by atoms with E-state index < -0.39 is 0 Å². The monoisotopic (exact) mass is 360 g/mol. The molecule has 1 aliphatic heterocycles. The normalized spacial score (nSPS) is 16.6. The fourth-order valence-corrected chi connectivity index (χ4v) is 3.47. The second kappa shape index (κ2) is 8.50. The number of amides is 1. The van der Waals surface area contributed by atoms with Crippen LogP contribution in [0.15, 0.2) is 36.7 Å². The van der Waals surface area contributed by atoms with Crippen molar-refractivity contribution < 1.29 is 4.79 Å². The molecule has 1 aliphatic rings. The van der Waals surface area contributed by atoms with E-state index in [9.17, 15) is 4.79 Å². The smallest absolute Gasteiger partial charge is 0.220 e. The molecule has 1 aromatic heterocycles. The number of carbonyl (C=O) groups is 1. The second-order valence-electron chi connectivity index (χ2n) is 6.68. The number of rotatable bonds is 6. The highest BCUT2D eigenvalue weighted by molar-refractivity contribution is 6.30. The number of halogens is 1. The lowest BCUT2D eigenvalue weighted by Crippen LogP contribution is -2.32. The van der Waals surface area contributed by atoms with Crippen molar-refractivity contribution in [1.82, 2.24) is 20.2 Å². The average molecular weight is 361 g/mol. The van der Waals surface area contributed by atoms with Crippen molar-refractivity contribution in [2.45, 2.75) is 31.7 Å². The first-order valence-electron chi connectivity index (χ1n) is 8.86. The zero-order valence-electron chi connectivity index (χ0n) is 14.5. The van der Waals surface area contributed by atoms with E-state index in [1.165, 1.54) is 0 Å². The molecule has 1 amide bonds. The molecule has 0 radical (unpaired) electrons. The van der Waals surface area contributed by atoms with Crippen molar-refractivity contribution in [3.63, 3.8) is 0 Å². The lowest BCUT2D eigenvalue weighted by atomic mass is 9.93. The fraction of sp³-hybridized carbons (Fsp3) is 0.474. The number of benzene rings is 1. The number of nitrogens with zero attached hydrogens (tertiary/aromatic N) is 2. The van der Waals surface area contributed by atoms with E-state index in [-0.39, 0.29) is 11.9 Å². The maximum absolute atomic E-state index is 12.6. The van der Waals surface area contributed by atoms with Gasteiger partial charge < -0.3 is 15.2 Å². The summed E-state index contributed by atoms with van der Waals surface area (Å²) in [5.74, 6) is 1.54. The first-order chi connectivity index (χ1) is 12.1. The van der Waals surface area contributed by atoms with Gasteiger partial charge >= 0.3 is 0 Å². The van der Waals surface area contributed by atoms with Gasteiger partial charge in [-0.15, -0.1) is 0 Å². The minimum absolute atomic E-state index is 0.0708. The molecule has 0 spiro atoms. The van der Waals surface area contributed by atoms with Crippen molar-refractivity contribution >= 4 is 17.5 Å². The molecule has 134 valence electrons. The largest absolute Gasteiger partial charge is 0.342 e. The number of hydrogen-bond acceptors (Lipinski definition) is 3. The number of piperidine rings is 1. The Morgan fingerprint density at radius 3 is 2.72 bits per heavy atom. The van der Waals surface area contributed by atoms with Gasteiger partial charge in [-0.25, -0.2) is 4.98 Å². The van der Waals surface area contributed by atoms with Gasteiger partial charge in [-0.1, -0.05) is 23.7 Å².